The van der Waals surface area contributed by atoms with Crippen LogP contribution in [0.2, 0.25) is 0 Å². The fraction of sp³-hybridized carbons (Fsp3) is 1.00. The molecule has 14 heavy (non-hydrogen) atoms. The maximum Gasteiger partial charge on any atom is 0.0974 e. The summed E-state index contributed by atoms with van der Waals surface area (Å²) in [5.41, 5.74) is 0.285. The lowest BCUT2D eigenvalue weighted by Crippen LogP contribution is -2.59. The van der Waals surface area contributed by atoms with Crippen LogP contribution in [0.4, 0.5) is 0 Å². The molecule has 4 aliphatic carbocycles. The fourth-order valence-corrected chi connectivity index (χ4v) is 4.99. The molecular formula is C12H19NO. The Balaban J connectivity index is 1.73. The van der Waals surface area contributed by atoms with E-state index in [1.165, 1.54) is 32.1 Å². The van der Waals surface area contributed by atoms with Gasteiger partial charge in [-0.05, 0) is 55.8 Å². The normalized spacial score (nSPS) is 60.0. The molecule has 1 N–H and O–H groups in total. The molecule has 4 saturated carbocycles. The van der Waals surface area contributed by atoms with Gasteiger partial charge in [-0.3, -0.25) is 5.32 Å². The van der Waals surface area contributed by atoms with Crippen LogP contribution in [0.15, 0.2) is 0 Å². The van der Waals surface area contributed by atoms with Crippen LogP contribution in [0.5, 0.6) is 0 Å². The molecule has 0 atom stereocenters. The highest BCUT2D eigenvalue weighted by Crippen LogP contribution is 2.59. The third-order valence-corrected chi connectivity index (χ3v) is 5.36. The standard InChI is InChI=1S/C12H19NO/c1-8-2-10-4-9(1)5-11(3-8)12(10)6-13-7-14-12/h8-11,13H,1-7H2. The summed E-state index contributed by atoms with van der Waals surface area (Å²) in [6, 6.07) is 0. The van der Waals surface area contributed by atoms with Gasteiger partial charge in [0.25, 0.3) is 0 Å². The van der Waals surface area contributed by atoms with Crippen molar-refractivity contribution < 1.29 is 4.74 Å². The zero-order valence-electron chi connectivity index (χ0n) is 8.67. The van der Waals surface area contributed by atoms with Crippen LogP contribution < -0.4 is 5.32 Å². The van der Waals surface area contributed by atoms with Gasteiger partial charge in [-0.1, -0.05) is 0 Å². The van der Waals surface area contributed by atoms with E-state index in [4.69, 9.17) is 4.74 Å². The molecule has 5 aliphatic rings. The van der Waals surface area contributed by atoms with E-state index in [9.17, 15) is 0 Å². The molecule has 0 aromatic carbocycles. The molecule has 0 radical (unpaired) electrons. The van der Waals surface area contributed by atoms with E-state index in [2.05, 4.69) is 5.32 Å². The van der Waals surface area contributed by atoms with Gasteiger partial charge < -0.3 is 4.74 Å². The molecule has 0 amide bonds. The van der Waals surface area contributed by atoms with Crippen molar-refractivity contribution in [2.24, 2.45) is 23.7 Å². The van der Waals surface area contributed by atoms with Crippen LogP contribution in [0.1, 0.15) is 32.1 Å². The Bertz CT molecular complexity index is 227. The summed E-state index contributed by atoms with van der Waals surface area (Å²) in [7, 11) is 0. The Morgan fingerprint density at radius 2 is 1.57 bits per heavy atom. The highest BCUT2D eigenvalue weighted by Gasteiger charge is 2.59. The minimum Gasteiger partial charge on any atom is -0.358 e. The summed E-state index contributed by atoms with van der Waals surface area (Å²) in [5.74, 6) is 3.92. The van der Waals surface area contributed by atoms with E-state index in [-0.39, 0.29) is 5.60 Å². The van der Waals surface area contributed by atoms with Crippen molar-refractivity contribution in [2.75, 3.05) is 13.3 Å². The number of ether oxygens (including phenoxy) is 1. The topological polar surface area (TPSA) is 21.3 Å². The van der Waals surface area contributed by atoms with Crippen molar-refractivity contribution in [1.29, 1.82) is 0 Å². The van der Waals surface area contributed by atoms with Gasteiger partial charge >= 0.3 is 0 Å². The molecule has 0 aromatic heterocycles. The van der Waals surface area contributed by atoms with Gasteiger partial charge in [-0.2, -0.15) is 0 Å². The van der Waals surface area contributed by atoms with Crippen molar-refractivity contribution in [1.82, 2.24) is 5.32 Å². The number of hydrogen-bond donors (Lipinski definition) is 1. The lowest BCUT2D eigenvalue weighted by Gasteiger charge is -2.59. The SMILES string of the molecule is C1NCC2(O1)C1CC3CC(C1)CC2C3. The molecule has 1 saturated heterocycles. The van der Waals surface area contributed by atoms with Crippen LogP contribution in [0.25, 0.3) is 0 Å². The Morgan fingerprint density at radius 1 is 0.929 bits per heavy atom. The first-order valence-corrected chi connectivity index (χ1v) is 6.21. The van der Waals surface area contributed by atoms with Crippen molar-refractivity contribution >= 4 is 0 Å². The molecule has 2 heteroatoms. The first kappa shape index (κ1) is 8.12. The predicted octanol–water partition coefficient (Wildman–Crippen LogP) is 1.76. The van der Waals surface area contributed by atoms with Gasteiger partial charge in [0, 0.05) is 6.54 Å². The van der Waals surface area contributed by atoms with Crippen molar-refractivity contribution in [3.8, 4) is 0 Å². The fourth-order valence-electron chi connectivity index (χ4n) is 4.99. The van der Waals surface area contributed by atoms with E-state index in [1.807, 2.05) is 0 Å². The zero-order valence-corrected chi connectivity index (χ0v) is 8.67. The Hall–Kier alpha value is -0.0800. The van der Waals surface area contributed by atoms with Gasteiger partial charge in [0.1, 0.15) is 0 Å². The summed E-state index contributed by atoms with van der Waals surface area (Å²) < 4.78 is 6.11. The molecule has 78 valence electrons. The molecule has 5 fully saturated rings. The van der Waals surface area contributed by atoms with Crippen molar-refractivity contribution in [2.45, 2.75) is 37.7 Å². The van der Waals surface area contributed by atoms with E-state index >= 15 is 0 Å². The van der Waals surface area contributed by atoms with Crippen LogP contribution in [0.3, 0.4) is 0 Å². The molecule has 0 aromatic rings. The summed E-state index contributed by atoms with van der Waals surface area (Å²) in [6.45, 7) is 1.95. The van der Waals surface area contributed by atoms with Gasteiger partial charge in [-0.15, -0.1) is 0 Å². The molecule has 5 rings (SSSR count). The van der Waals surface area contributed by atoms with Crippen molar-refractivity contribution in [3.63, 3.8) is 0 Å². The zero-order chi connectivity index (χ0) is 9.17. The number of rotatable bonds is 0. The summed E-state index contributed by atoms with van der Waals surface area (Å²) in [4.78, 5) is 0. The first-order chi connectivity index (χ1) is 6.87. The second-order valence-electron chi connectivity index (χ2n) is 5.97. The van der Waals surface area contributed by atoms with Crippen molar-refractivity contribution in [3.05, 3.63) is 0 Å². The Labute approximate surface area is 85.4 Å². The van der Waals surface area contributed by atoms with E-state index in [0.29, 0.717) is 0 Å². The molecular weight excluding hydrogens is 174 g/mol. The monoisotopic (exact) mass is 193 g/mol. The highest BCUT2D eigenvalue weighted by molar-refractivity contribution is 5.09. The minimum absolute atomic E-state index is 0.285. The lowest BCUT2D eigenvalue weighted by molar-refractivity contribution is -0.173. The second-order valence-corrected chi connectivity index (χ2v) is 5.97. The Morgan fingerprint density at radius 3 is 2.07 bits per heavy atom. The number of nitrogens with one attached hydrogen (secondary N) is 1. The maximum absolute atomic E-state index is 6.11. The van der Waals surface area contributed by atoms with E-state index < -0.39 is 0 Å². The quantitative estimate of drug-likeness (QED) is 0.633. The highest BCUT2D eigenvalue weighted by atomic mass is 16.5. The minimum atomic E-state index is 0.285. The van der Waals surface area contributed by atoms with Crippen LogP contribution >= 0.6 is 0 Å². The first-order valence-electron chi connectivity index (χ1n) is 6.21. The Kier molecular flexibility index (Phi) is 1.47. The maximum atomic E-state index is 6.11. The summed E-state index contributed by atoms with van der Waals surface area (Å²) in [6.07, 6.45) is 7.41. The van der Waals surface area contributed by atoms with Gasteiger partial charge in [0.2, 0.25) is 0 Å². The number of hydrogen-bond acceptors (Lipinski definition) is 2. The average molecular weight is 193 g/mol. The predicted molar refractivity (Wildman–Crippen MR) is 53.7 cm³/mol. The summed E-state index contributed by atoms with van der Waals surface area (Å²) >= 11 is 0. The third kappa shape index (κ3) is 0.849. The molecule has 2 nitrogen and oxygen atoms in total. The molecule has 1 heterocycles. The summed E-state index contributed by atoms with van der Waals surface area (Å²) in [5, 5.41) is 3.42. The smallest absolute Gasteiger partial charge is 0.0974 e. The van der Waals surface area contributed by atoms with E-state index in [1.54, 1.807) is 0 Å². The molecule has 0 unspecified atom stereocenters. The molecule has 4 bridgehead atoms. The van der Waals surface area contributed by atoms with Crippen LogP contribution in [-0.2, 0) is 4.74 Å². The average Bonchev–Trinajstić information content (AvgIpc) is 2.63. The second kappa shape index (κ2) is 2.53. The lowest BCUT2D eigenvalue weighted by atomic mass is 9.50. The van der Waals surface area contributed by atoms with Crippen LogP contribution in [-0.4, -0.2) is 18.9 Å². The van der Waals surface area contributed by atoms with E-state index in [0.717, 1.165) is 36.9 Å². The van der Waals surface area contributed by atoms with Gasteiger partial charge in [-0.25, -0.2) is 0 Å². The molecule has 1 aliphatic heterocycles. The third-order valence-electron chi connectivity index (χ3n) is 5.36. The largest absolute Gasteiger partial charge is 0.358 e. The van der Waals surface area contributed by atoms with Gasteiger partial charge in [0.05, 0.1) is 12.3 Å². The molecule has 1 spiro atoms. The van der Waals surface area contributed by atoms with Gasteiger partial charge in [0.15, 0.2) is 0 Å². The van der Waals surface area contributed by atoms with Crippen LogP contribution in [0, 0.1) is 23.7 Å².